The van der Waals surface area contributed by atoms with E-state index in [0.29, 0.717) is 12.3 Å². The van der Waals surface area contributed by atoms with Gasteiger partial charge in [0.15, 0.2) is 0 Å². The number of aryl methyl sites for hydroxylation is 1. The largest absolute Gasteiger partial charge is 0.382 e. The molecule has 6 nitrogen and oxygen atoms in total. The summed E-state index contributed by atoms with van der Waals surface area (Å²) in [5.74, 6) is 0.281. The van der Waals surface area contributed by atoms with E-state index in [1.807, 2.05) is 13.0 Å². The predicted octanol–water partition coefficient (Wildman–Crippen LogP) is 1.62. The number of methoxy groups -OCH3 is 1. The van der Waals surface area contributed by atoms with E-state index in [9.17, 15) is 8.42 Å². The van der Waals surface area contributed by atoms with Crippen LogP contribution in [0.3, 0.4) is 0 Å². The topological polar surface area (TPSA) is 79.8 Å². The van der Waals surface area contributed by atoms with Crippen LogP contribution in [0.15, 0.2) is 28.1 Å². The summed E-state index contributed by atoms with van der Waals surface area (Å²) in [6.07, 6.45) is 2.91. The second-order valence-corrected chi connectivity index (χ2v) is 7.35. The fraction of sp³-hybridized carbons (Fsp3) is 0.500. The Morgan fingerprint density at radius 1 is 1.38 bits per heavy atom. The Hall–Kier alpha value is -1.60. The monoisotopic (exact) mass is 309 g/mol. The van der Waals surface area contributed by atoms with Crippen molar-refractivity contribution in [1.29, 1.82) is 0 Å². The number of ether oxygens (including phenoxy) is 1. The number of sulfonamides is 1. The summed E-state index contributed by atoms with van der Waals surface area (Å²) in [5.41, 5.74) is 1.16. The lowest BCUT2D eigenvalue weighted by molar-refractivity contribution is 0.0863. The molecule has 0 unspecified atom stereocenters. The van der Waals surface area contributed by atoms with Crippen LogP contribution in [0, 0.1) is 6.92 Å². The molecule has 0 spiro atoms. The molecule has 0 radical (unpaired) electrons. The minimum atomic E-state index is -3.57. The van der Waals surface area contributed by atoms with Crippen molar-refractivity contribution >= 4 is 21.7 Å². The fourth-order valence-corrected chi connectivity index (χ4v) is 3.93. The molecule has 1 heterocycles. The van der Waals surface area contributed by atoms with Gasteiger partial charge in [0.1, 0.15) is 4.90 Å². The number of fused-ring (bicyclic) bond motifs is 1. The third-order valence-electron chi connectivity index (χ3n) is 3.96. The van der Waals surface area contributed by atoms with E-state index in [4.69, 9.17) is 4.74 Å². The quantitative estimate of drug-likeness (QED) is 0.889. The average Bonchev–Trinajstić information content (AvgIpc) is 2.37. The Morgan fingerprint density at radius 2 is 2.14 bits per heavy atom. The Morgan fingerprint density at radius 3 is 2.76 bits per heavy atom. The van der Waals surface area contributed by atoms with Gasteiger partial charge in [0, 0.05) is 7.11 Å². The number of rotatable bonds is 3. The van der Waals surface area contributed by atoms with E-state index in [0.717, 1.165) is 24.8 Å². The van der Waals surface area contributed by atoms with Crippen LogP contribution in [0.2, 0.25) is 0 Å². The first kappa shape index (κ1) is 14.3. The molecule has 21 heavy (non-hydrogen) atoms. The zero-order valence-electron chi connectivity index (χ0n) is 12.1. The maximum absolute atomic E-state index is 12.3. The summed E-state index contributed by atoms with van der Waals surface area (Å²) in [4.78, 5) is 4.83. The van der Waals surface area contributed by atoms with Crippen molar-refractivity contribution in [2.24, 2.45) is 4.99 Å². The van der Waals surface area contributed by atoms with E-state index in [2.05, 4.69) is 15.0 Å². The van der Waals surface area contributed by atoms with Gasteiger partial charge < -0.3 is 10.1 Å². The minimum absolute atomic E-state index is 0.260. The van der Waals surface area contributed by atoms with Crippen LogP contribution in [0.4, 0.5) is 5.69 Å². The molecule has 0 bridgehead atoms. The van der Waals surface area contributed by atoms with Gasteiger partial charge in [-0.05, 0) is 43.9 Å². The van der Waals surface area contributed by atoms with Gasteiger partial charge in [-0.15, -0.1) is 0 Å². The zero-order chi connectivity index (χ0) is 15.1. The third-order valence-corrected chi connectivity index (χ3v) is 5.34. The SMILES string of the molecule is COCC1(N=C2Nc3ccc(C)cc3S(=O)(=O)N2)CCC1. The molecule has 0 atom stereocenters. The first-order valence-corrected chi connectivity index (χ1v) is 8.42. The highest BCUT2D eigenvalue weighted by molar-refractivity contribution is 7.90. The Kier molecular flexibility index (Phi) is 3.41. The molecule has 1 saturated carbocycles. The van der Waals surface area contributed by atoms with Crippen molar-refractivity contribution in [3.05, 3.63) is 23.8 Å². The van der Waals surface area contributed by atoms with Crippen LogP contribution >= 0.6 is 0 Å². The highest BCUT2D eigenvalue weighted by atomic mass is 32.2. The zero-order valence-corrected chi connectivity index (χ0v) is 13.0. The predicted molar refractivity (Wildman–Crippen MR) is 81.0 cm³/mol. The lowest BCUT2D eigenvalue weighted by atomic mass is 9.78. The molecule has 2 N–H and O–H groups in total. The van der Waals surface area contributed by atoms with E-state index >= 15 is 0 Å². The third kappa shape index (κ3) is 2.63. The summed E-state index contributed by atoms with van der Waals surface area (Å²) in [5, 5.41) is 3.07. The smallest absolute Gasteiger partial charge is 0.266 e. The molecular formula is C14H19N3O3S. The molecule has 0 saturated heterocycles. The number of benzene rings is 1. The van der Waals surface area contributed by atoms with Crippen molar-refractivity contribution in [2.45, 2.75) is 36.6 Å². The molecule has 1 aliphatic carbocycles. The van der Waals surface area contributed by atoms with Gasteiger partial charge in [-0.1, -0.05) is 6.07 Å². The van der Waals surface area contributed by atoms with Crippen molar-refractivity contribution in [2.75, 3.05) is 19.0 Å². The molecule has 1 aromatic rings. The molecule has 1 aliphatic heterocycles. The van der Waals surface area contributed by atoms with Gasteiger partial charge in [0.2, 0.25) is 5.96 Å². The number of anilines is 1. The first-order valence-electron chi connectivity index (χ1n) is 6.93. The molecule has 7 heteroatoms. The van der Waals surface area contributed by atoms with Gasteiger partial charge in [-0.2, -0.15) is 0 Å². The van der Waals surface area contributed by atoms with Gasteiger partial charge in [0.05, 0.1) is 17.8 Å². The fourth-order valence-electron chi connectivity index (χ4n) is 2.72. The number of aliphatic imine (C=N–C) groups is 1. The van der Waals surface area contributed by atoms with Crippen LogP contribution in [0.1, 0.15) is 24.8 Å². The van der Waals surface area contributed by atoms with Crippen LogP contribution in [0.5, 0.6) is 0 Å². The molecule has 1 aromatic carbocycles. The average molecular weight is 309 g/mol. The summed E-state index contributed by atoms with van der Waals surface area (Å²) >= 11 is 0. The number of guanidine groups is 1. The molecule has 3 rings (SSSR count). The normalized spacial score (nSPS) is 23.6. The van der Waals surface area contributed by atoms with Crippen LogP contribution in [-0.2, 0) is 14.8 Å². The standard InChI is InChI=1S/C14H19N3O3S/c1-10-4-5-11-12(8-10)21(18,19)17-13(15-11)16-14(9-20-2)6-3-7-14/h4-5,8H,3,6-7,9H2,1-2H3,(H2,15,16,17). The van der Waals surface area contributed by atoms with E-state index in [1.165, 1.54) is 0 Å². The van der Waals surface area contributed by atoms with Crippen molar-refractivity contribution in [1.82, 2.24) is 4.72 Å². The highest BCUT2D eigenvalue weighted by Gasteiger charge is 2.38. The van der Waals surface area contributed by atoms with Gasteiger partial charge in [-0.3, -0.25) is 0 Å². The second kappa shape index (κ2) is 4.99. The number of nitrogens with one attached hydrogen (secondary N) is 2. The maximum Gasteiger partial charge on any atom is 0.266 e. The van der Waals surface area contributed by atoms with Crippen molar-refractivity contribution in [3.63, 3.8) is 0 Å². The Balaban J connectivity index is 1.96. The lowest BCUT2D eigenvalue weighted by Crippen LogP contribution is -2.47. The van der Waals surface area contributed by atoms with E-state index < -0.39 is 10.0 Å². The van der Waals surface area contributed by atoms with Crippen molar-refractivity contribution in [3.8, 4) is 0 Å². The van der Waals surface area contributed by atoms with Crippen LogP contribution in [-0.4, -0.2) is 33.6 Å². The summed E-state index contributed by atoms with van der Waals surface area (Å²) in [7, 11) is -1.93. The number of hydrogen-bond donors (Lipinski definition) is 2. The lowest BCUT2D eigenvalue weighted by Gasteiger charge is -2.38. The number of nitrogens with zero attached hydrogens (tertiary/aromatic N) is 1. The second-order valence-electron chi connectivity index (χ2n) is 5.70. The van der Waals surface area contributed by atoms with Gasteiger partial charge >= 0.3 is 0 Å². The van der Waals surface area contributed by atoms with Gasteiger partial charge in [-0.25, -0.2) is 18.1 Å². The van der Waals surface area contributed by atoms with Crippen LogP contribution < -0.4 is 10.0 Å². The summed E-state index contributed by atoms with van der Waals surface area (Å²) in [6.45, 7) is 2.36. The molecule has 0 amide bonds. The highest BCUT2D eigenvalue weighted by Crippen LogP contribution is 2.36. The minimum Gasteiger partial charge on any atom is -0.382 e. The summed E-state index contributed by atoms with van der Waals surface area (Å²) < 4.78 is 32.4. The molecule has 1 fully saturated rings. The maximum atomic E-state index is 12.3. The summed E-state index contributed by atoms with van der Waals surface area (Å²) in [6, 6.07) is 5.29. The number of hydrogen-bond acceptors (Lipinski definition) is 4. The Labute approximate surface area is 124 Å². The molecule has 2 aliphatic rings. The first-order chi connectivity index (χ1) is 9.94. The molecular weight excluding hydrogens is 290 g/mol. The molecule has 114 valence electrons. The van der Waals surface area contributed by atoms with Gasteiger partial charge in [0.25, 0.3) is 10.0 Å². The van der Waals surface area contributed by atoms with Crippen molar-refractivity contribution < 1.29 is 13.2 Å². The van der Waals surface area contributed by atoms with Crippen LogP contribution in [0.25, 0.3) is 0 Å². The Bertz CT molecular complexity index is 693. The van der Waals surface area contributed by atoms with E-state index in [-0.39, 0.29) is 16.4 Å². The molecule has 0 aromatic heterocycles. The van der Waals surface area contributed by atoms with E-state index in [1.54, 1.807) is 19.2 Å².